The van der Waals surface area contributed by atoms with Gasteiger partial charge in [0.15, 0.2) is 0 Å². The zero-order valence-electron chi connectivity index (χ0n) is 11.8. The maximum Gasteiger partial charge on any atom is 0.0595 e. The lowest BCUT2D eigenvalue weighted by atomic mass is 10.2. The second kappa shape index (κ2) is 7.88. The van der Waals surface area contributed by atoms with Crippen LogP contribution in [-0.4, -0.2) is 24.6 Å². The molecular formula is C15H25N3. The molecule has 1 N–H and O–H groups in total. The number of hydrogen-bond acceptors (Lipinski definition) is 3. The Hall–Kier alpha value is -1.35. The normalized spacial score (nSPS) is 10.7. The number of pyridine rings is 1. The quantitative estimate of drug-likeness (QED) is 0.565. The van der Waals surface area contributed by atoms with Crippen LogP contribution in [0.15, 0.2) is 31.1 Å². The van der Waals surface area contributed by atoms with Crippen LogP contribution in [0.5, 0.6) is 0 Å². The molecule has 1 aromatic rings. The van der Waals surface area contributed by atoms with Crippen LogP contribution in [0.4, 0.5) is 5.69 Å². The summed E-state index contributed by atoms with van der Waals surface area (Å²) in [7, 11) is 2.12. The van der Waals surface area contributed by atoms with Gasteiger partial charge in [-0.3, -0.25) is 4.98 Å². The Kier molecular flexibility index (Phi) is 6.44. The first kappa shape index (κ1) is 14.7. The molecule has 3 heteroatoms. The molecule has 100 valence electrons. The molecule has 0 aliphatic heterocycles. The van der Waals surface area contributed by atoms with E-state index in [1.807, 2.05) is 18.5 Å². The molecule has 1 heterocycles. The maximum atomic E-state index is 4.23. The Morgan fingerprint density at radius 2 is 2.28 bits per heavy atom. The zero-order valence-corrected chi connectivity index (χ0v) is 11.8. The van der Waals surface area contributed by atoms with Crippen molar-refractivity contribution in [2.45, 2.75) is 39.3 Å². The van der Waals surface area contributed by atoms with Crippen LogP contribution in [0, 0.1) is 0 Å². The average Bonchev–Trinajstić information content (AvgIpc) is 2.37. The highest BCUT2D eigenvalue weighted by Gasteiger charge is 2.07. The highest BCUT2D eigenvalue weighted by atomic mass is 15.1. The van der Waals surface area contributed by atoms with Crippen molar-refractivity contribution in [1.29, 1.82) is 0 Å². The van der Waals surface area contributed by atoms with Gasteiger partial charge in [0, 0.05) is 32.4 Å². The lowest BCUT2D eigenvalue weighted by molar-refractivity contribution is 0.587. The summed E-state index contributed by atoms with van der Waals surface area (Å²) in [6.45, 7) is 10.0. The Morgan fingerprint density at radius 1 is 1.50 bits per heavy atom. The molecule has 0 aliphatic rings. The minimum absolute atomic E-state index is 0.497. The molecule has 0 aromatic carbocycles. The van der Waals surface area contributed by atoms with Crippen LogP contribution < -0.4 is 10.2 Å². The van der Waals surface area contributed by atoms with E-state index < -0.39 is 0 Å². The zero-order chi connectivity index (χ0) is 13.4. The highest BCUT2D eigenvalue weighted by Crippen LogP contribution is 2.18. The first-order valence-corrected chi connectivity index (χ1v) is 6.63. The summed E-state index contributed by atoms with van der Waals surface area (Å²) in [5, 5.41) is 3.45. The van der Waals surface area contributed by atoms with Crippen LogP contribution in [-0.2, 0) is 6.54 Å². The number of nitrogens with zero attached hydrogens (tertiary/aromatic N) is 2. The maximum absolute atomic E-state index is 4.23. The van der Waals surface area contributed by atoms with Crippen LogP contribution >= 0.6 is 0 Å². The molecule has 0 bridgehead atoms. The van der Waals surface area contributed by atoms with Crippen molar-refractivity contribution in [2.75, 3.05) is 18.5 Å². The number of hydrogen-bond donors (Lipinski definition) is 1. The van der Waals surface area contributed by atoms with Gasteiger partial charge in [0.2, 0.25) is 0 Å². The second-order valence-electron chi connectivity index (χ2n) is 4.89. The van der Waals surface area contributed by atoms with E-state index >= 15 is 0 Å². The van der Waals surface area contributed by atoms with Gasteiger partial charge in [-0.2, -0.15) is 0 Å². The Balaban J connectivity index is 2.64. The van der Waals surface area contributed by atoms with Gasteiger partial charge in [0.05, 0.1) is 11.9 Å². The van der Waals surface area contributed by atoms with Gasteiger partial charge in [-0.05, 0) is 24.5 Å². The van der Waals surface area contributed by atoms with Crippen LogP contribution in [0.2, 0.25) is 0 Å². The lowest BCUT2D eigenvalue weighted by Crippen LogP contribution is -2.25. The molecule has 0 amide bonds. The SMILES string of the molecule is C=CCCCN(C)c1cnccc1CNC(C)C. The second-order valence-corrected chi connectivity index (χ2v) is 4.89. The Bertz CT molecular complexity index is 361. The number of nitrogens with one attached hydrogen (secondary N) is 1. The summed E-state index contributed by atoms with van der Waals surface area (Å²) in [6.07, 6.45) is 7.97. The van der Waals surface area contributed by atoms with Crippen LogP contribution in [0.1, 0.15) is 32.3 Å². The van der Waals surface area contributed by atoms with Crippen LogP contribution in [0.25, 0.3) is 0 Å². The summed E-state index contributed by atoms with van der Waals surface area (Å²) < 4.78 is 0. The van der Waals surface area contributed by atoms with E-state index in [9.17, 15) is 0 Å². The molecule has 0 aliphatic carbocycles. The fraction of sp³-hybridized carbons (Fsp3) is 0.533. The van der Waals surface area contributed by atoms with Crippen molar-refractivity contribution in [3.05, 3.63) is 36.7 Å². The molecule has 0 atom stereocenters. The van der Waals surface area contributed by atoms with E-state index in [4.69, 9.17) is 0 Å². The molecule has 0 unspecified atom stereocenters. The molecule has 1 aromatic heterocycles. The third-order valence-corrected chi connectivity index (χ3v) is 2.90. The van der Waals surface area contributed by atoms with Crippen molar-refractivity contribution in [3.63, 3.8) is 0 Å². The third kappa shape index (κ3) is 4.88. The molecule has 18 heavy (non-hydrogen) atoms. The van der Waals surface area contributed by atoms with Crippen molar-refractivity contribution in [2.24, 2.45) is 0 Å². The van der Waals surface area contributed by atoms with E-state index in [0.717, 1.165) is 25.9 Å². The molecule has 1 rings (SSSR count). The first-order valence-electron chi connectivity index (χ1n) is 6.63. The predicted octanol–water partition coefficient (Wildman–Crippen LogP) is 2.98. The fourth-order valence-electron chi connectivity index (χ4n) is 1.82. The van der Waals surface area contributed by atoms with Crippen molar-refractivity contribution in [3.8, 4) is 0 Å². The molecule has 0 saturated carbocycles. The average molecular weight is 247 g/mol. The highest BCUT2D eigenvalue weighted by molar-refractivity contribution is 5.50. The monoisotopic (exact) mass is 247 g/mol. The van der Waals surface area contributed by atoms with Crippen molar-refractivity contribution >= 4 is 5.69 Å². The minimum Gasteiger partial charge on any atom is -0.373 e. The summed E-state index contributed by atoms with van der Waals surface area (Å²) in [6, 6.07) is 2.59. The van der Waals surface area contributed by atoms with E-state index in [2.05, 4.69) is 48.7 Å². The van der Waals surface area contributed by atoms with Crippen LogP contribution in [0.3, 0.4) is 0 Å². The number of anilines is 1. The topological polar surface area (TPSA) is 28.2 Å². The van der Waals surface area contributed by atoms with Gasteiger partial charge in [-0.15, -0.1) is 6.58 Å². The van der Waals surface area contributed by atoms with E-state index in [-0.39, 0.29) is 0 Å². The fourth-order valence-corrected chi connectivity index (χ4v) is 1.82. The van der Waals surface area contributed by atoms with Crippen molar-refractivity contribution < 1.29 is 0 Å². The van der Waals surface area contributed by atoms with Gasteiger partial charge in [-0.25, -0.2) is 0 Å². The number of unbranched alkanes of at least 4 members (excludes halogenated alkanes) is 1. The van der Waals surface area contributed by atoms with Crippen molar-refractivity contribution in [1.82, 2.24) is 10.3 Å². The standard InChI is InChI=1S/C15H25N3/c1-5-6-7-10-18(4)15-12-16-9-8-14(15)11-17-13(2)3/h5,8-9,12-13,17H,1,6-7,10-11H2,2-4H3. The minimum atomic E-state index is 0.497. The first-order chi connectivity index (χ1) is 8.65. The Morgan fingerprint density at radius 3 is 2.94 bits per heavy atom. The number of allylic oxidation sites excluding steroid dienone is 1. The van der Waals surface area contributed by atoms with Gasteiger partial charge < -0.3 is 10.2 Å². The Labute approximate surface area is 111 Å². The van der Waals surface area contributed by atoms with Gasteiger partial charge in [0.1, 0.15) is 0 Å². The molecular weight excluding hydrogens is 222 g/mol. The summed E-state index contributed by atoms with van der Waals surface area (Å²) in [5.74, 6) is 0. The number of aromatic nitrogens is 1. The predicted molar refractivity (Wildman–Crippen MR) is 78.9 cm³/mol. The van der Waals surface area contributed by atoms with E-state index in [1.54, 1.807) is 0 Å². The van der Waals surface area contributed by atoms with Gasteiger partial charge in [0.25, 0.3) is 0 Å². The molecule has 0 saturated heterocycles. The molecule has 3 nitrogen and oxygen atoms in total. The van der Waals surface area contributed by atoms with Gasteiger partial charge >= 0.3 is 0 Å². The lowest BCUT2D eigenvalue weighted by Gasteiger charge is -2.22. The molecule has 0 fully saturated rings. The molecule has 0 spiro atoms. The largest absolute Gasteiger partial charge is 0.373 e. The smallest absolute Gasteiger partial charge is 0.0595 e. The summed E-state index contributed by atoms with van der Waals surface area (Å²) in [4.78, 5) is 6.50. The van der Waals surface area contributed by atoms with E-state index in [0.29, 0.717) is 6.04 Å². The summed E-state index contributed by atoms with van der Waals surface area (Å²) in [5.41, 5.74) is 2.52. The molecule has 0 radical (unpaired) electrons. The summed E-state index contributed by atoms with van der Waals surface area (Å²) >= 11 is 0. The van der Waals surface area contributed by atoms with Gasteiger partial charge in [-0.1, -0.05) is 19.9 Å². The number of rotatable bonds is 8. The third-order valence-electron chi connectivity index (χ3n) is 2.90. The van der Waals surface area contributed by atoms with E-state index in [1.165, 1.54) is 11.3 Å².